The molecule has 1 saturated heterocycles. The van der Waals surface area contributed by atoms with E-state index in [1.165, 1.54) is 7.05 Å². The number of ether oxygens (including phenoxy) is 1. The first kappa shape index (κ1) is 27.0. The van der Waals surface area contributed by atoms with Crippen LogP contribution in [0.4, 0.5) is 16.2 Å². The van der Waals surface area contributed by atoms with Crippen LogP contribution in [0.1, 0.15) is 13.2 Å². The summed E-state index contributed by atoms with van der Waals surface area (Å²) < 4.78 is 67.5. The Morgan fingerprint density at radius 2 is 1.88 bits per heavy atom. The summed E-state index contributed by atoms with van der Waals surface area (Å²) in [4.78, 5) is 47.8. The zero-order chi connectivity index (χ0) is 25.7. The highest BCUT2D eigenvalue weighted by molar-refractivity contribution is 7.66. The SMILES string of the molecule is CNc1nc(N)nc2c1ncn2[C@@H]1O[C@H](COP(=O)(O)OP(=O)(O)OP(=O)(O)O)[C@@H](O)[C@@]1(C)F. The summed E-state index contributed by atoms with van der Waals surface area (Å²) in [5.74, 6) is 0.0477. The maximum absolute atomic E-state index is 15.4. The lowest BCUT2D eigenvalue weighted by Gasteiger charge is -2.24. The highest BCUT2D eigenvalue weighted by Crippen LogP contribution is 2.66. The largest absolute Gasteiger partial charge is 0.490 e. The molecule has 0 amide bonds. The minimum atomic E-state index is -5.75. The van der Waals surface area contributed by atoms with Crippen LogP contribution in [-0.2, 0) is 31.6 Å². The number of nitrogens with zero attached hydrogens (tertiary/aromatic N) is 4. The molecular formula is C12H20FN6O12P3. The third-order valence-corrected chi connectivity index (χ3v) is 8.27. The van der Waals surface area contributed by atoms with Crippen molar-refractivity contribution in [3.05, 3.63) is 6.33 Å². The number of aliphatic hydroxyl groups excluding tert-OH is 1. The van der Waals surface area contributed by atoms with Crippen molar-refractivity contribution in [1.29, 1.82) is 0 Å². The van der Waals surface area contributed by atoms with Gasteiger partial charge in [-0.15, -0.1) is 0 Å². The molecule has 34 heavy (non-hydrogen) atoms. The highest BCUT2D eigenvalue weighted by Gasteiger charge is 2.56. The van der Waals surface area contributed by atoms with E-state index >= 15 is 4.39 Å². The van der Waals surface area contributed by atoms with Crippen molar-refractivity contribution in [2.75, 3.05) is 24.7 Å². The Labute approximate surface area is 189 Å². The number of alkyl halides is 1. The molecule has 192 valence electrons. The first-order valence-corrected chi connectivity index (χ1v) is 13.5. The Bertz CT molecular complexity index is 1220. The summed E-state index contributed by atoms with van der Waals surface area (Å²) in [6.07, 6.45) is -4.06. The molecule has 1 aliphatic heterocycles. The maximum Gasteiger partial charge on any atom is 0.490 e. The molecule has 2 aromatic heterocycles. The Morgan fingerprint density at radius 1 is 1.24 bits per heavy atom. The van der Waals surface area contributed by atoms with Gasteiger partial charge in [0.1, 0.15) is 12.2 Å². The predicted octanol–water partition coefficient (Wildman–Crippen LogP) is -0.220. The molecule has 22 heteroatoms. The summed E-state index contributed by atoms with van der Waals surface area (Å²) in [7, 11) is -15.3. The molecule has 0 aliphatic carbocycles. The first-order valence-electron chi connectivity index (χ1n) is 8.94. The summed E-state index contributed by atoms with van der Waals surface area (Å²) in [5.41, 5.74) is 3.34. The molecule has 2 aromatic rings. The molecule has 0 radical (unpaired) electrons. The van der Waals surface area contributed by atoms with Crippen LogP contribution in [0.25, 0.3) is 11.2 Å². The fourth-order valence-corrected chi connectivity index (χ4v) is 6.13. The van der Waals surface area contributed by atoms with E-state index in [0.717, 1.165) is 17.8 Å². The smallest absolute Gasteiger partial charge is 0.387 e. The fraction of sp³-hybridized carbons (Fsp3) is 0.583. The number of aliphatic hydroxyl groups is 1. The maximum atomic E-state index is 15.4. The van der Waals surface area contributed by atoms with E-state index in [4.69, 9.17) is 20.3 Å². The Balaban J connectivity index is 1.79. The summed E-state index contributed by atoms with van der Waals surface area (Å²) in [6, 6.07) is 0. The Hall–Kier alpha value is -1.59. The van der Waals surface area contributed by atoms with Gasteiger partial charge in [-0.2, -0.15) is 18.6 Å². The van der Waals surface area contributed by atoms with Gasteiger partial charge >= 0.3 is 23.5 Å². The molecule has 8 N–H and O–H groups in total. The Kier molecular flexibility index (Phi) is 7.25. The van der Waals surface area contributed by atoms with Gasteiger partial charge < -0.3 is 40.5 Å². The Morgan fingerprint density at radius 3 is 2.47 bits per heavy atom. The number of hydrogen-bond acceptors (Lipinski definition) is 13. The van der Waals surface area contributed by atoms with E-state index in [-0.39, 0.29) is 22.9 Å². The van der Waals surface area contributed by atoms with Crippen LogP contribution >= 0.6 is 23.5 Å². The number of rotatable bonds is 9. The van der Waals surface area contributed by atoms with Gasteiger partial charge in [0, 0.05) is 7.05 Å². The molecule has 0 saturated carbocycles. The number of anilines is 2. The zero-order valence-corrected chi connectivity index (χ0v) is 19.9. The average Bonchev–Trinajstić information content (AvgIpc) is 3.15. The van der Waals surface area contributed by atoms with E-state index < -0.39 is 54.2 Å². The molecule has 1 aliphatic rings. The highest BCUT2D eigenvalue weighted by atomic mass is 31.3. The third kappa shape index (κ3) is 5.79. The number of hydrogen-bond donors (Lipinski definition) is 7. The third-order valence-electron chi connectivity index (χ3n) is 4.46. The monoisotopic (exact) mass is 552 g/mol. The second kappa shape index (κ2) is 9.13. The molecule has 3 rings (SSSR count). The van der Waals surface area contributed by atoms with Crippen LogP contribution < -0.4 is 11.1 Å². The topological polar surface area (TPSA) is 271 Å². The standard InChI is InChI=1S/C12H20FN6O12P3/c1-12(13)7(20)5(3-28-33(24,25)31-34(26,27)30-32(21,22)23)29-10(12)19-4-16-6-8(15-2)17-11(14)18-9(6)19/h4-5,7,10,20H,3H2,1-2H3,(H,24,25)(H,26,27)(H2,21,22,23)(H3,14,15,17,18)/t5-,7-,10-,12-/m1/s1. The van der Waals surface area contributed by atoms with Crippen LogP contribution in [0.15, 0.2) is 6.33 Å². The van der Waals surface area contributed by atoms with Crippen LogP contribution in [0, 0.1) is 0 Å². The number of nitrogen functional groups attached to an aromatic ring is 1. The number of aromatic nitrogens is 4. The van der Waals surface area contributed by atoms with Gasteiger partial charge in [-0.25, -0.2) is 23.1 Å². The van der Waals surface area contributed by atoms with Gasteiger partial charge in [-0.1, -0.05) is 0 Å². The quantitative estimate of drug-likeness (QED) is 0.198. The molecule has 0 spiro atoms. The minimum Gasteiger partial charge on any atom is -0.387 e. The summed E-state index contributed by atoms with van der Waals surface area (Å²) in [6.45, 7) is -0.102. The number of phosphoric acid groups is 3. The van der Waals surface area contributed by atoms with Gasteiger partial charge in [0.2, 0.25) is 5.95 Å². The second-order valence-electron chi connectivity index (χ2n) is 7.01. The van der Waals surface area contributed by atoms with Gasteiger partial charge in [0.15, 0.2) is 28.9 Å². The first-order chi connectivity index (χ1) is 15.5. The lowest BCUT2D eigenvalue weighted by molar-refractivity contribution is -0.0560. The van der Waals surface area contributed by atoms with E-state index in [9.17, 15) is 28.6 Å². The van der Waals surface area contributed by atoms with Crippen molar-refractivity contribution >= 4 is 46.4 Å². The number of fused-ring (bicyclic) bond motifs is 1. The molecule has 6 atom stereocenters. The van der Waals surface area contributed by atoms with Crippen molar-refractivity contribution < 1.29 is 60.6 Å². The lowest BCUT2D eigenvalue weighted by Crippen LogP contribution is -2.40. The average molecular weight is 552 g/mol. The lowest BCUT2D eigenvalue weighted by atomic mass is 9.98. The van der Waals surface area contributed by atoms with E-state index in [1.54, 1.807) is 0 Å². The molecule has 0 aromatic carbocycles. The van der Waals surface area contributed by atoms with Crippen molar-refractivity contribution in [2.45, 2.75) is 31.0 Å². The molecule has 0 bridgehead atoms. The summed E-state index contributed by atoms with van der Waals surface area (Å²) in [5, 5.41) is 13.1. The number of nitrogens with two attached hydrogens (primary N) is 1. The fourth-order valence-electron chi connectivity index (χ4n) is 3.10. The van der Waals surface area contributed by atoms with Crippen molar-refractivity contribution in [2.24, 2.45) is 0 Å². The normalized spacial score (nSPS) is 29.1. The van der Waals surface area contributed by atoms with Crippen LogP contribution in [0.3, 0.4) is 0 Å². The van der Waals surface area contributed by atoms with E-state index in [0.29, 0.717) is 0 Å². The molecule has 2 unspecified atom stereocenters. The number of halogens is 1. The van der Waals surface area contributed by atoms with E-state index in [2.05, 4.69) is 33.4 Å². The zero-order valence-electron chi connectivity index (χ0n) is 17.2. The van der Waals surface area contributed by atoms with Gasteiger partial charge in [0.25, 0.3) is 0 Å². The van der Waals surface area contributed by atoms with Crippen molar-refractivity contribution in [3.8, 4) is 0 Å². The second-order valence-corrected chi connectivity index (χ2v) is 11.4. The number of imidazole rings is 1. The van der Waals surface area contributed by atoms with Crippen LogP contribution in [0.5, 0.6) is 0 Å². The number of nitrogens with one attached hydrogen (secondary N) is 1. The van der Waals surface area contributed by atoms with Gasteiger partial charge in [-0.3, -0.25) is 9.09 Å². The van der Waals surface area contributed by atoms with Gasteiger partial charge in [0.05, 0.1) is 12.9 Å². The molecule has 1 fully saturated rings. The molecular weight excluding hydrogens is 532 g/mol. The number of phosphoric ester groups is 1. The van der Waals surface area contributed by atoms with E-state index in [1.807, 2.05) is 0 Å². The van der Waals surface area contributed by atoms with Crippen molar-refractivity contribution in [1.82, 2.24) is 19.5 Å². The molecule has 3 heterocycles. The van der Waals surface area contributed by atoms with Gasteiger partial charge in [-0.05, 0) is 6.92 Å². The van der Waals surface area contributed by atoms with Crippen LogP contribution in [-0.4, -0.2) is 75.7 Å². The molecule has 18 nitrogen and oxygen atoms in total. The van der Waals surface area contributed by atoms with Crippen LogP contribution in [0.2, 0.25) is 0 Å². The summed E-state index contributed by atoms with van der Waals surface area (Å²) >= 11 is 0. The predicted molar refractivity (Wildman–Crippen MR) is 109 cm³/mol. The van der Waals surface area contributed by atoms with Crippen molar-refractivity contribution in [3.63, 3.8) is 0 Å². The minimum absolute atomic E-state index is 0.0338.